The number of hydrogen-bond acceptors (Lipinski definition) is 3. The number of carbonyl (C=O) groups excluding carboxylic acids is 2. The van der Waals surface area contributed by atoms with Gasteiger partial charge in [-0.05, 0) is 39.9 Å². The second-order valence-electron chi connectivity index (χ2n) is 8.17. The van der Waals surface area contributed by atoms with Gasteiger partial charge in [-0.3, -0.25) is 14.3 Å². The summed E-state index contributed by atoms with van der Waals surface area (Å²) in [6, 6.07) is 25.9. The minimum absolute atomic E-state index is 0.135. The number of nitrogens with one attached hydrogen (secondary N) is 2. The molecule has 5 rings (SSSR count). The fourth-order valence-electron chi connectivity index (χ4n) is 4.28. The van der Waals surface area contributed by atoms with Crippen LogP contribution >= 0.6 is 0 Å². The van der Waals surface area contributed by atoms with E-state index in [0.29, 0.717) is 12.2 Å². The Hall–Kier alpha value is -4.19. The quantitative estimate of drug-likeness (QED) is 0.472. The molecule has 2 amide bonds. The molecule has 0 spiro atoms. The number of benzene rings is 3. The first kappa shape index (κ1) is 20.7. The summed E-state index contributed by atoms with van der Waals surface area (Å²) < 4.78 is 1.89. The van der Waals surface area contributed by atoms with E-state index in [-0.39, 0.29) is 18.2 Å². The SMILES string of the molecule is O=C1CC(C(=O)NCc2ccccc2-c2ccc(Cn3cccn3)cc2)c2ccccc2N1. The van der Waals surface area contributed by atoms with Crippen LogP contribution in [0.3, 0.4) is 0 Å². The van der Waals surface area contributed by atoms with E-state index in [1.165, 1.54) is 5.56 Å². The predicted molar refractivity (Wildman–Crippen MR) is 127 cm³/mol. The number of carbonyl (C=O) groups is 2. The lowest BCUT2D eigenvalue weighted by molar-refractivity contribution is -0.126. The highest BCUT2D eigenvalue weighted by molar-refractivity contribution is 6.01. The number of hydrogen-bond donors (Lipinski definition) is 2. The summed E-state index contributed by atoms with van der Waals surface area (Å²) in [5, 5.41) is 10.1. The molecule has 6 nitrogen and oxygen atoms in total. The van der Waals surface area contributed by atoms with E-state index in [4.69, 9.17) is 0 Å². The third kappa shape index (κ3) is 4.55. The molecule has 1 unspecified atom stereocenters. The van der Waals surface area contributed by atoms with Crippen molar-refractivity contribution in [2.24, 2.45) is 0 Å². The zero-order valence-corrected chi connectivity index (χ0v) is 18.1. The van der Waals surface area contributed by atoms with Crippen molar-refractivity contribution in [1.82, 2.24) is 15.1 Å². The molecule has 0 aliphatic carbocycles. The Balaban J connectivity index is 1.31. The monoisotopic (exact) mass is 436 g/mol. The second kappa shape index (κ2) is 9.12. The number of amides is 2. The number of nitrogens with zero attached hydrogens (tertiary/aromatic N) is 2. The van der Waals surface area contributed by atoms with Crippen molar-refractivity contribution in [2.75, 3.05) is 5.32 Å². The highest BCUT2D eigenvalue weighted by atomic mass is 16.2. The third-order valence-electron chi connectivity index (χ3n) is 5.96. The molecule has 1 atom stereocenters. The van der Waals surface area contributed by atoms with Crippen molar-refractivity contribution in [1.29, 1.82) is 0 Å². The first-order valence-electron chi connectivity index (χ1n) is 11.0. The molecular weight excluding hydrogens is 412 g/mol. The van der Waals surface area contributed by atoms with Gasteiger partial charge in [0, 0.05) is 31.0 Å². The third-order valence-corrected chi connectivity index (χ3v) is 5.96. The molecule has 0 saturated carbocycles. The van der Waals surface area contributed by atoms with Crippen LogP contribution in [0.1, 0.15) is 29.0 Å². The number of aromatic nitrogens is 2. The molecule has 164 valence electrons. The average molecular weight is 437 g/mol. The molecule has 0 radical (unpaired) electrons. The number of anilines is 1. The van der Waals surface area contributed by atoms with Gasteiger partial charge in [0.15, 0.2) is 0 Å². The standard InChI is InChI=1S/C27H24N4O2/c32-26-16-24(23-8-3-4-9-25(23)30-26)27(33)28-17-21-6-1-2-7-22(21)20-12-10-19(11-13-20)18-31-15-5-14-29-31/h1-15,24H,16-18H2,(H,28,33)(H,30,32). The van der Waals surface area contributed by atoms with Gasteiger partial charge in [-0.15, -0.1) is 0 Å². The second-order valence-corrected chi connectivity index (χ2v) is 8.17. The van der Waals surface area contributed by atoms with Crippen LogP contribution in [-0.2, 0) is 22.7 Å². The lowest BCUT2D eigenvalue weighted by Crippen LogP contribution is -2.34. The van der Waals surface area contributed by atoms with E-state index in [0.717, 1.165) is 28.8 Å². The number of fused-ring (bicyclic) bond motifs is 1. The van der Waals surface area contributed by atoms with Crippen molar-refractivity contribution in [3.63, 3.8) is 0 Å². The van der Waals surface area contributed by atoms with Crippen molar-refractivity contribution >= 4 is 17.5 Å². The van der Waals surface area contributed by atoms with Crippen LogP contribution in [0.2, 0.25) is 0 Å². The van der Waals surface area contributed by atoms with E-state index in [1.54, 1.807) is 6.20 Å². The molecular formula is C27H24N4O2. The van der Waals surface area contributed by atoms with Crippen LogP contribution < -0.4 is 10.6 Å². The van der Waals surface area contributed by atoms with Gasteiger partial charge in [0.05, 0.1) is 12.5 Å². The van der Waals surface area contributed by atoms with Gasteiger partial charge in [0.2, 0.25) is 11.8 Å². The molecule has 6 heteroatoms. The summed E-state index contributed by atoms with van der Waals surface area (Å²) in [6.07, 6.45) is 3.87. The topological polar surface area (TPSA) is 76.0 Å². The molecule has 2 heterocycles. The maximum absolute atomic E-state index is 13.0. The zero-order chi connectivity index (χ0) is 22.6. The van der Waals surface area contributed by atoms with Crippen LogP contribution in [0.4, 0.5) is 5.69 Å². The van der Waals surface area contributed by atoms with Crippen molar-refractivity contribution in [3.8, 4) is 11.1 Å². The first-order chi connectivity index (χ1) is 16.2. The van der Waals surface area contributed by atoms with Gasteiger partial charge >= 0.3 is 0 Å². The minimum Gasteiger partial charge on any atom is -0.351 e. The van der Waals surface area contributed by atoms with Crippen LogP contribution in [0.5, 0.6) is 0 Å². The summed E-state index contributed by atoms with van der Waals surface area (Å²) in [5.74, 6) is -0.755. The van der Waals surface area contributed by atoms with Gasteiger partial charge < -0.3 is 10.6 Å². The lowest BCUT2D eigenvalue weighted by Gasteiger charge is -2.25. The summed E-state index contributed by atoms with van der Waals surface area (Å²) >= 11 is 0. The Kier molecular flexibility index (Phi) is 5.72. The van der Waals surface area contributed by atoms with Gasteiger partial charge in [0.1, 0.15) is 0 Å². The summed E-state index contributed by atoms with van der Waals surface area (Å²) in [7, 11) is 0. The van der Waals surface area contributed by atoms with E-state index in [9.17, 15) is 9.59 Å². The molecule has 1 aliphatic rings. The van der Waals surface area contributed by atoms with Gasteiger partial charge in [-0.25, -0.2) is 0 Å². The molecule has 0 bridgehead atoms. The normalized spacial score (nSPS) is 14.9. The molecule has 1 aromatic heterocycles. The van der Waals surface area contributed by atoms with Crippen molar-refractivity contribution in [2.45, 2.75) is 25.4 Å². The summed E-state index contributed by atoms with van der Waals surface area (Å²) in [4.78, 5) is 25.1. The molecule has 0 fully saturated rings. The average Bonchev–Trinajstić information content (AvgIpc) is 3.36. The Bertz CT molecular complexity index is 1280. The summed E-state index contributed by atoms with van der Waals surface area (Å²) in [6.45, 7) is 1.12. The Morgan fingerprint density at radius 3 is 2.61 bits per heavy atom. The number of para-hydroxylation sites is 1. The van der Waals surface area contributed by atoms with Gasteiger partial charge in [-0.1, -0.05) is 66.7 Å². The van der Waals surface area contributed by atoms with Crippen LogP contribution in [-0.4, -0.2) is 21.6 Å². The Morgan fingerprint density at radius 1 is 1.00 bits per heavy atom. The van der Waals surface area contributed by atoms with Crippen LogP contribution in [0, 0.1) is 0 Å². The molecule has 3 aromatic carbocycles. The van der Waals surface area contributed by atoms with E-state index in [1.807, 2.05) is 59.4 Å². The smallest absolute Gasteiger partial charge is 0.228 e. The highest BCUT2D eigenvalue weighted by Gasteiger charge is 2.30. The molecule has 2 N–H and O–H groups in total. The molecule has 1 aliphatic heterocycles. The van der Waals surface area contributed by atoms with Crippen LogP contribution in [0.25, 0.3) is 11.1 Å². The Morgan fingerprint density at radius 2 is 1.79 bits per heavy atom. The Labute approximate surface area is 192 Å². The fourth-order valence-corrected chi connectivity index (χ4v) is 4.28. The highest BCUT2D eigenvalue weighted by Crippen LogP contribution is 2.32. The van der Waals surface area contributed by atoms with Gasteiger partial charge in [-0.2, -0.15) is 5.10 Å². The fraction of sp³-hybridized carbons (Fsp3) is 0.148. The van der Waals surface area contributed by atoms with E-state index >= 15 is 0 Å². The predicted octanol–water partition coefficient (Wildman–Crippen LogP) is 4.34. The maximum atomic E-state index is 13.0. The van der Waals surface area contributed by atoms with E-state index in [2.05, 4.69) is 46.1 Å². The molecule has 0 saturated heterocycles. The molecule has 4 aromatic rings. The van der Waals surface area contributed by atoms with Gasteiger partial charge in [0.25, 0.3) is 0 Å². The molecule has 33 heavy (non-hydrogen) atoms. The largest absolute Gasteiger partial charge is 0.351 e. The van der Waals surface area contributed by atoms with Crippen LogP contribution in [0.15, 0.2) is 91.3 Å². The first-order valence-corrected chi connectivity index (χ1v) is 11.0. The maximum Gasteiger partial charge on any atom is 0.228 e. The van der Waals surface area contributed by atoms with Crippen molar-refractivity contribution < 1.29 is 9.59 Å². The van der Waals surface area contributed by atoms with Crippen molar-refractivity contribution in [3.05, 3.63) is 108 Å². The van der Waals surface area contributed by atoms with E-state index < -0.39 is 5.92 Å². The minimum atomic E-state index is -0.483. The number of rotatable bonds is 6. The summed E-state index contributed by atoms with van der Waals surface area (Å²) in [5.41, 5.74) is 5.93. The zero-order valence-electron chi connectivity index (χ0n) is 18.1. The lowest BCUT2D eigenvalue weighted by atomic mass is 9.89.